The van der Waals surface area contributed by atoms with Gasteiger partial charge in [0.05, 0.1) is 5.56 Å². The van der Waals surface area contributed by atoms with Crippen molar-refractivity contribution in [2.24, 2.45) is 0 Å². The Labute approximate surface area is 145 Å². The third kappa shape index (κ3) is 5.59. The van der Waals surface area contributed by atoms with Crippen LogP contribution in [0.15, 0.2) is 48.5 Å². The molecule has 0 aliphatic heterocycles. The molecule has 24 heavy (non-hydrogen) atoms. The number of nitrogens with one attached hydrogen (secondary N) is 1. The summed E-state index contributed by atoms with van der Waals surface area (Å²) in [6, 6.07) is 13.3. The summed E-state index contributed by atoms with van der Waals surface area (Å²) in [5.41, 5.74) is 1.07. The number of aromatic hydroxyl groups is 1. The van der Waals surface area contributed by atoms with Gasteiger partial charge in [-0.3, -0.25) is 9.59 Å². The fraction of sp³-hybridized carbons (Fsp3) is 0.222. The van der Waals surface area contributed by atoms with Gasteiger partial charge in [0.2, 0.25) is 0 Å². The van der Waals surface area contributed by atoms with Gasteiger partial charge in [0.1, 0.15) is 12.4 Å². The zero-order chi connectivity index (χ0) is 17.4. The second-order valence-electron chi connectivity index (χ2n) is 5.16. The van der Waals surface area contributed by atoms with Gasteiger partial charge in [0.25, 0.3) is 5.91 Å². The molecule has 0 radical (unpaired) electrons. The maximum atomic E-state index is 11.9. The van der Waals surface area contributed by atoms with Gasteiger partial charge in [-0.05, 0) is 36.2 Å². The summed E-state index contributed by atoms with van der Waals surface area (Å²) in [5, 5.41) is 12.9. The van der Waals surface area contributed by atoms with Crippen LogP contribution in [0.1, 0.15) is 28.8 Å². The van der Waals surface area contributed by atoms with Crippen molar-refractivity contribution < 1.29 is 19.4 Å². The summed E-state index contributed by atoms with van der Waals surface area (Å²) < 4.78 is 5.14. The minimum Gasteiger partial charge on any atom is -0.507 e. The monoisotopic (exact) mass is 347 g/mol. The summed E-state index contributed by atoms with van der Waals surface area (Å²) in [6.45, 7) is 0.517. The molecular formula is C18H18ClNO4. The standard InChI is InChI=1S/C18H18ClNO4/c19-14-9-7-13(8-10-14)12-24-17(22)6-3-11-20-18(23)15-4-1-2-5-16(15)21/h1-2,4-5,7-10,21H,3,6,11-12H2,(H,20,23). The number of amides is 1. The first-order valence-electron chi connectivity index (χ1n) is 7.52. The quantitative estimate of drug-likeness (QED) is 0.595. The van der Waals surface area contributed by atoms with E-state index in [9.17, 15) is 14.7 Å². The number of phenols is 1. The minimum absolute atomic E-state index is 0.0719. The molecule has 0 bridgehead atoms. The number of rotatable bonds is 7. The Hall–Kier alpha value is -2.53. The van der Waals surface area contributed by atoms with E-state index >= 15 is 0 Å². The van der Waals surface area contributed by atoms with Crippen LogP contribution in [0.25, 0.3) is 0 Å². The fourth-order valence-electron chi connectivity index (χ4n) is 2.01. The third-order valence-corrected chi connectivity index (χ3v) is 3.56. The zero-order valence-electron chi connectivity index (χ0n) is 13.0. The van der Waals surface area contributed by atoms with E-state index in [2.05, 4.69) is 5.32 Å². The molecule has 0 fully saturated rings. The summed E-state index contributed by atoms with van der Waals surface area (Å²) in [7, 11) is 0. The first kappa shape index (κ1) is 17.8. The Balaban J connectivity index is 1.65. The average molecular weight is 348 g/mol. The smallest absolute Gasteiger partial charge is 0.306 e. The third-order valence-electron chi connectivity index (χ3n) is 3.30. The highest BCUT2D eigenvalue weighted by Crippen LogP contribution is 2.15. The molecule has 2 aromatic rings. The number of para-hydroxylation sites is 1. The Bertz CT molecular complexity index is 700. The van der Waals surface area contributed by atoms with E-state index in [1.54, 1.807) is 36.4 Å². The van der Waals surface area contributed by atoms with E-state index in [0.717, 1.165) is 5.56 Å². The van der Waals surface area contributed by atoms with E-state index in [0.29, 0.717) is 18.0 Å². The highest BCUT2D eigenvalue weighted by atomic mass is 35.5. The Morgan fingerprint density at radius 2 is 1.79 bits per heavy atom. The molecule has 0 aromatic heterocycles. The van der Waals surface area contributed by atoms with E-state index in [1.165, 1.54) is 12.1 Å². The Kier molecular flexibility index (Phi) is 6.63. The molecule has 0 aliphatic carbocycles. The molecule has 2 aromatic carbocycles. The van der Waals surface area contributed by atoms with Gasteiger partial charge in [-0.15, -0.1) is 0 Å². The van der Waals surface area contributed by atoms with Crippen molar-refractivity contribution >= 4 is 23.5 Å². The highest BCUT2D eigenvalue weighted by molar-refractivity contribution is 6.30. The van der Waals surface area contributed by atoms with Gasteiger partial charge >= 0.3 is 5.97 Å². The Morgan fingerprint density at radius 1 is 1.08 bits per heavy atom. The molecule has 0 spiro atoms. The number of phenolic OH excluding ortho intramolecular Hbond substituents is 1. The number of hydrogen-bond donors (Lipinski definition) is 2. The highest BCUT2D eigenvalue weighted by Gasteiger charge is 2.10. The lowest BCUT2D eigenvalue weighted by molar-refractivity contribution is -0.145. The molecule has 0 atom stereocenters. The summed E-state index contributed by atoms with van der Waals surface area (Å²) in [6.07, 6.45) is 0.660. The van der Waals surface area contributed by atoms with Gasteiger partial charge < -0.3 is 15.2 Å². The molecule has 2 rings (SSSR count). The van der Waals surface area contributed by atoms with Crippen molar-refractivity contribution in [1.29, 1.82) is 0 Å². The first-order valence-corrected chi connectivity index (χ1v) is 7.90. The van der Waals surface area contributed by atoms with Crippen molar-refractivity contribution in [2.75, 3.05) is 6.54 Å². The zero-order valence-corrected chi connectivity index (χ0v) is 13.8. The van der Waals surface area contributed by atoms with Gasteiger partial charge in [0.15, 0.2) is 0 Å². The fourth-order valence-corrected chi connectivity index (χ4v) is 2.14. The second-order valence-corrected chi connectivity index (χ2v) is 5.60. The topological polar surface area (TPSA) is 75.6 Å². The minimum atomic E-state index is -0.373. The maximum Gasteiger partial charge on any atom is 0.306 e. The molecule has 0 saturated heterocycles. The molecule has 0 unspecified atom stereocenters. The van der Waals surface area contributed by atoms with Crippen LogP contribution in [-0.2, 0) is 16.1 Å². The SMILES string of the molecule is O=C(CCCNC(=O)c1ccccc1O)OCc1ccc(Cl)cc1. The van der Waals surface area contributed by atoms with Crippen LogP contribution in [-0.4, -0.2) is 23.5 Å². The summed E-state index contributed by atoms with van der Waals surface area (Å²) >= 11 is 5.78. The van der Waals surface area contributed by atoms with Crippen molar-refractivity contribution in [3.05, 3.63) is 64.7 Å². The molecule has 126 valence electrons. The predicted molar refractivity (Wildman–Crippen MR) is 90.9 cm³/mol. The molecular weight excluding hydrogens is 330 g/mol. The lowest BCUT2D eigenvalue weighted by Crippen LogP contribution is -2.25. The summed E-state index contributed by atoms with van der Waals surface area (Å²) in [5.74, 6) is -0.776. The van der Waals surface area contributed by atoms with Crippen LogP contribution < -0.4 is 5.32 Å². The van der Waals surface area contributed by atoms with Gasteiger partial charge in [-0.25, -0.2) is 0 Å². The normalized spacial score (nSPS) is 10.2. The summed E-state index contributed by atoms with van der Waals surface area (Å²) in [4.78, 5) is 23.5. The lowest BCUT2D eigenvalue weighted by Gasteiger charge is -2.07. The van der Waals surface area contributed by atoms with E-state index in [1.807, 2.05) is 0 Å². The number of ether oxygens (including phenoxy) is 1. The van der Waals surface area contributed by atoms with Crippen LogP contribution in [0.3, 0.4) is 0 Å². The average Bonchev–Trinajstić information content (AvgIpc) is 2.58. The predicted octanol–water partition coefficient (Wildman–Crippen LogP) is 3.30. The molecule has 2 N–H and O–H groups in total. The molecule has 6 heteroatoms. The van der Waals surface area contributed by atoms with Gasteiger partial charge in [-0.2, -0.15) is 0 Å². The van der Waals surface area contributed by atoms with Gasteiger partial charge in [-0.1, -0.05) is 35.9 Å². The van der Waals surface area contributed by atoms with E-state index < -0.39 is 0 Å². The molecule has 0 aliphatic rings. The number of carbonyl (C=O) groups is 2. The molecule has 1 amide bonds. The van der Waals surface area contributed by atoms with Crippen LogP contribution in [0.5, 0.6) is 5.75 Å². The van der Waals surface area contributed by atoms with Crippen LogP contribution in [0, 0.1) is 0 Å². The molecule has 0 heterocycles. The number of hydrogen-bond acceptors (Lipinski definition) is 4. The van der Waals surface area contributed by atoms with Gasteiger partial charge in [0, 0.05) is 18.0 Å². The van der Waals surface area contributed by atoms with Crippen LogP contribution in [0.2, 0.25) is 5.02 Å². The lowest BCUT2D eigenvalue weighted by atomic mass is 10.2. The van der Waals surface area contributed by atoms with E-state index in [-0.39, 0.29) is 36.2 Å². The van der Waals surface area contributed by atoms with Crippen molar-refractivity contribution in [1.82, 2.24) is 5.32 Å². The maximum absolute atomic E-state index is 11.9. The number of carbonyl (C=O) groups excluding carboxylic acids is 2. The number of esters is 1. The van der Waals surface area contributed by atoms with Crippen molar-refractivity contribution in [3.8, 4) is 5.75 Å². The second kappa shape index (κ2) is 8.93. The van der Waals surface area contributed by atoms with Crippen molar-refractivity contribution in [2.45, 2.75) is 19.4 Å². The largest absolute Gasteiger partial charge is 0.507 e. The van der Waals surface area contributed by atoms with E-state index in [4.69, 9.17) is 16.3 Å². The first-order chi connectivity index (χ1) is 11.6. The van der Waals surface area contributed by atoms with Crippen LogP contribution >= 0.6 is 11.6 Å². The molecule has 0 saturated carbocycles. The number of benzene rings is 2. The Morgan fingerprint density at radius 3 is 2.50 bits per heavy atom. The number of halogens is 1. The molecule has 5 nitrogen and oxygen atoms in total. The van der Waals surface area contributed by atoms with Crippen molar-refractivity contribution in [3.63, 3.8) is 0 Å². The van der Waals surface area contributed by atoms with Crippen LogP contribution in [0.4, 0.5) is 0 Å².